The molecule has 1 aliphatic heterocycles. The van der Waals surface area contributed by atoms with E-state index in [9.17, 15) is 14.7 Å². The number of likely N-dealkylation sites (tertiary alicyclic amines) is 1. The van der Waals surface area contributed by atoms with E-state index in [2.05, 4.69) is 0 Å². The Balaban J connectivity index is 1.75. The second-order valence-electron chi connectivity index (χ2n) is 6.25. The minimum absolute atomic E-state index is 0.0345. The maximum absolute atomic E-state index is 12.2. The standard InChI is InChI=1S/C14H21NO3/c16-12-10-4-5-11(8-10)13(17)15(12)9-14(18)6-2-1-3-7-14/h10-11,18H,1-9H2. The fourth-order valence-electron chi connectivity index (χ4n) is 3.80. The van der Waals surface area contributed by atoms with Gasteiger partial charge < -0.3 is 5.11 Å². The molecular formula is C14H21NO3. The maximum Gasteiger partial charge on any atom is 0.232 e. The number of carbonyl (C=O) groups is 2. The van der Waals surface area contributed by atoms with Crippen molar-refractivity contribution in [2.24, 2.45) is 11.8 Å². The quantitative estimate of drug-likeness (QED) is 0.756. The number of β-amino-alcohol motifs (C(OH)–C–C–N with tert-alkyl or cyclic N) is 1. The van der Waals surface area contributed by atoms with Crippen LogP contribution in [0, 0.1) is 11.8 Å². The lowest BCUT2D eigenvalue weighted by Gasteiger charge is -2.38. The molecule has 4 nitrogen and oxygen atoms in total. The molecular weight excluding hydrogens is 230 g/mol. The van der Waals surface area contributed by atoms with Crippen LogP contribution in [0.3, 0.4) is 0 Å². The normalized spacial score (nSPS) is 35.1. The molecule has 18 heavy (non-hydrogen) atoms. The second-order valence-corrected chi connectivity index (χ2v) is 6.25. The molecule has 2 amide bonds. The largest absolute Gasteiger partial charge is 0.388 e. The van der Waals surface area contributed by atoms with Gasteiger partial charge in [0.15, 0.2) is 0 Å². The van der Waals surface area contributed by atoms with Crippen LogP contribution in [0.1, 0.15) is 51.4 Å². The highest BCUT2D eigenvalue weighted by atomic mass is 16.3. The highest BCUT2D eigenvalue weighted by Crippen LogP contribution is 2.39. The Bertz CT molecular complexity index is 351. The molecule has 2 saturated carbocycles. The van der Waals surface area contributed by atoms with E-state index in [4.69, 9.17) is 0 Å². The van der Waals surface area contributed by atoms with Gasteiger partial charge in [-0.3, -0.25) is 14.5 Å². The van der Waals surface area contributed by atoms with Crippen molar-refractivity contribution in [1.82, 2.24) is 4.90 Å². The van der Waals surface area contributed by atoms with Crippen molar-refractivity contribution in [2.75, 3.05) is 6.54 Å². The van der Waals surface area contributed by atoms with Crippen LogP contribution in [0.5, 0.6) is 0 Å². The Morgan fingerprint density at radius 3 is 2.17 bits per heavy atom. The van der Waals surface area contributed by atoms with Gasteiger partial charge in [0.1, 0.15) is 0 Å². The molecule has 3 rings (SSSR count). The number of piperidine rings is 1. The molecule has 2 unspecified atom stereocenters. The lowest BCUT2D eigenvalue weighted by molar-refractivity contribution is -0.158. The van der Waals surface area contributed by atoms with E-state index in [0.717, 1.165) is 51.4 Å². The number of hydrogen-bond acceptors (Lipinski definition) is 3. The van der Waals surface area contributed by atoms with Crippen LogP contribution in [0.25, 0.3) is 0 Å². The fourth-order valence-corrected chi connectivity index (χ4v) is 3.80. The average Bonchev–Trinajstić information content (AvgIpc) is 2.80. The van der Waals surface area contributed by atoms with E-state index in [1.807, 2.05) is 0 Å². The van der Waals surface area contributed by atoms with E-state index in [1.54, 1.807) is 0 Å². The van der Waals surface area contributed by atoms with Gasteiger partial charge >= 0.3 is 0 Å². The van der Waals surface area contributed by atoms with Gasteiger partial charge in [-0.15, -0.1) is 0 Å². The van der Waals surface area contributed by atoms with Crippen LogP contribution in [-0.2, 0) is 9.59 Å². The van der Waals surface area contributed by atoms with Crippen LogP contribution < -0.4 is 0 Å². The molecule has 0 aromatic heterocycles. The Kier molecular flexibility index (Phi) is 2.93. The van der Waals surface area contributed by atoms with E-state index in [-0.39, 0.29) is 30.2 Å². The fraction of sp³-hybridized carbons (Fsp3) is 0.857. The van der Waals surface area contributed by atoms with Crippen molar-refractivity contribution in [2.45, 2.75) is 57.0 Å². The third kappa shape index (κ3) is 1.96. The van der Waals surface area contributed by atoms with Crippen LogP contribution in [0.2, 0.25) is 0 Å². The number of nitrogens with zero attached hydrogens (tertiary/aromatic N) is 1. The van der Waals surface area contributed by atoms with Gasteiger partial charge in [0.25, 0.3) is 0 Å². The predicted molar refractivity (Wildman–Crippen MR) is 65.6 cm³/mol. The zero-order chi connectivity index (χ0) is 12.8. The van der Waals surface area contributed by atoms with Gasteiger partial charge in [0, 0.05) is 11.8 Å². The first kappa shape index (κ1) is 12.2. The van der Waals surface area contributed by atoms with Crippen molar-refractivity contribution in [3.8, 4) is 0 Å². The van der Waals surface area contributed by atoms with Crippen LogP contribution >= 0.6 is 0 Å². The first-order chi connectivity index (χ1) is 8.59. The maximum atomic E-state index is 12.2. The molecule has 0 aromatic carbocycles. The Labute approximate surface area is 107 Å². The predicted octanol–water partition coefficient (Wildman–Crippen LogP) is 1.47. The summed E-state index contributed by atoms with van der Waals surface area (Å²) in [6.45, 7) is 0.234. The minimum Gasteiger partial charge on any atom is -0.388 e. The molecule has 2 aliphatic carbocycles. The summed E-state index contributed by atoms with van der Waals surface area (Å²) in [5.74, 6) is 0.0141. The monoisotopic (exact) mass is 251 g/mol. The Morgan fingerprint density at radius 2 is 1.61 bits per heavy atom. The summed E-state index contributed by atoms with van der Waals surface area (Å²) in [5.41, 5.74) is -0.819. The van der Waals surface area contributed by atoms with Crippen molar-refractivity contribution >= 4 is 11.8 Å². The second kappa shape index (κ2) is 4.34. The SMILES string of the molecule is O=C1C2CCC(C2)C(=O)N1CC1(O)CCCCC1. The van der Waals surface area contributed by atoms with Gasteiger partial charge in [-0.25, -0.2) is 0 Å². The third-order valence-corrected chi connectivity index (χ3v) is 4.90. The molecule has 0 radical (unpaired) electrons. The molecule has 2 atom stereocenters. The summed E-state index contributed by atoms with van der Waals surface area (Å²) in [4.78, 5) is 25.8. The number of hydrogen-bond donors (Lipinski definition) is 1. The van der Waals surface area contributed by atoms with Crippen molar-refractivity contribution < 1.29 is 14.7 Å². The molecule has 3 fully saturated rings. The summed E-state index contributed by atoms with van der Waals surface area (Å²) in [6.07, 6.45) is 7.04. The summed E-state index contributed by atoms with van der Waals surface area (Å²) >= 11 is 0. The summed E-state index contributed by atoms with van der Waals surface area (Å²) in [7, 11) is 0. The first-order valence-electron chi connectivity index (χ1n) is 7.17. The average molecular weight is 251 g/mol. The van der Waals surface area contributed by atoms with E-state index >= 15 is 0 Å². The smallest absolute Gasteiger partial charge is 0.232 e. The Morgan fingerprint density at radius 1 is 1.06 bits per heavy atom. The first-order valence-corrected chi connectivity index (χ1v) is 7.17. The zero-order valence-electron chi connectivity index (χ0n) is 10.7. The zero-order valence-corrected chi connectivity index (χ0v) is 10.7. The Hall–Kier alpha value is -0.900. The number of rotatable bonds is 2. The number of fused-ring (bicyclic) bond motifs is 2. The highest BCUT2D eigenvalue weighted by Gasteiger charge is 2.47. The molecule has 100 valence electrons. The van der Waals surface area contributed by atoms with E-state index in [0.29, 0.717) is 0 Å². The van der Waals surface area contributed by atoms with Crippen LogP contribution in [0.15, 0.2) is 0 Å². The van der Waals surface area contributed by atoms with Crippen molar-refractivity contribution in [3.63, 3.8) is 0 Å². The topological polar surface area (TPSA) is 57.6 Å². The van der Waals surface area contributed by atoms with E-state index < -0.39 is 5.60 Å². The van der Waals surface area contributed by atoms with E-state index in [1.165, 1.54) is 4.90 Å². The molecule has 1 N–H and O–H groups in total. The molecule has 2 bridgehead atoms. The molecule has 1 heterocycles. The lowest BCUT2D eigenvalue weighted by atomic mass is 9.83. The van der Waals surface area contributed by atoms with Gasteiger partial charge in [0.2, 0.25) is 11.8 Å². The van der Waals surface area contributed by atoms with Gasteiger partial charge in [-0.1, -0.05) is 19.3 Å². The number of carbonyl (C=O) groups excluding carboxylic acids is 2. The molecule has 4 heteroatoms. The van der Waals surface area contributed by atoms with Crippen molar-refractivity contribution in [3.05, 3.63) is 0 Å². The van der Waals surface area contributed by atoms with Crippen LogP contribution in [0.4, 0.5) is 0 Å². The highest BCUT2D eigenvalue weighted by molar-refractivity contribution is 6.00. The molecule has 0 aromatic rings. The molecule has 1 saturated heterocycles. The number of aliphatic hydroxyl groups is 1. The molecule has 0 spiro atoms. The number of amides is 2. The minimum atomic E-state index is -0.819. The van der Waals surface area contributed by atoms with Crippen LogP contribution in [-0.4, -0.2) is 34.0 Å². The number of imide groups is 1. The summed E-state index contributed by atoms with van der Waals surface area (Å²) in [6, 6.07) is 0. The lowest BCUT2D eigenvalue weighted by Crippen LogP contribution is -2.53. The summed E-state index contributed by atoms with van der Waals surface area (Å²) < 4.78 is 0. The third-order valence-electron chi connectivity index (χ3n) is 4.90. The van der Waals surface area contributed by atoms with Gasteiger partial charge in [0.05, 0.1) is 12.1 Å². The van der Waals surface area contributed by atoms with Gasteiger partial charge in [-0.05, 0) is 32.1 Å². The molecule has 3 aliphatic rings. The summed E-state index contributed by atoms with van der Waals surface area (Å²) in [5, 5.41) is 10.5. The van der Waals surface area contributed by atoms with Gasteiger partial charge in [-0.2, -0.15) is 0 Å². The van der Waals surface area contributed by atoms with Crippen molar-refractivity contribution in [1.29, 1.82) is 0 Å².